The van der Waals surface area contributed by atoms with Gasteiger partial charge in [0.25, 0.3) is 0 Å². The molecule has 0 radical (unpaired) electrons. The van der Waals surface area contributed by atoms with Gasteiger partial charge in [0.2, 0.25) is 0 Å². The maximum atomic E-state index is 4.31. The van der Waals surface area contributed by atoms with E-state index < -0.39 is 0 Å². The molecule has 1 aliphatic rings. The van der Waals surface area contributed by atoms with Crippen LogP contribution < -0.4 is 10.6 Å². The molecule has 1 rings (SSSR count). The van der Waals surface area contributed by atoms with Crippen molar-refractivity contribution in [1.82, 2.24) is 15.5 Å². The molecule has 0 saturated carbocycles. The summed E-state index contributed by atoms with van der Waals surface area (Å²) in [5, 5.41) is 6.89. The second-order valence-corrected chi connectivity index (χ2v) is 7.66. The minimum atomic E-state index is 0.380. The number of hydrogen-bond acceptors (Lipinski definition) is 3. The molecule has 1 atom stereocenters. The maximum absolute atomic E-state index is 4.31. The van der Waals surface area contributed by atoms with Gasteiger partial charge in [-0.25, -0.2) is 0 Å². The topological polar surface area (TPSA) is 39.7 Å². The van der Waals surface area contributed by atoms with Crippen LogP contribution in [-0.4, -0.2) is 60.6 Å². The first-order valence-corrected chi connectivity index (χ1v) is 8.82. The predicted molar refractivity (Wildman–Crippen MR) is 91.8 cm³/mol. The summed E-state index contributed by atoms with van der Waals surface area (Å²) in [7, 11) is 1.85. The zero-order valence-corrected chi connectivity index (χ0v) is 14.6. The number of nitrogens with zero attached hydrogens (tertiary/aromatic N) is 2. The molecular formula is C15H32N4S. The number of thioether (sulfide) groups is 1. The number of nitrogens with one attached hydrogen (secondary N) is 2. The van der Waals surface area contributed by atoms with Gasteiger partial charge in [-0.1, -0.05) is 6.92 Å². The van der Waals surface area contributed by atoms with E-state index in [2.05, 4.69) is 60.0 Å². The Labute approximate surface area is 129 Å². The Balaban J connectivity index is 2.26. The maximum Gasteiger partial charge on any atom is 0.191 e. The average Bonchev–Trinajstić information content (AvgIpc) is 2.85. The minimum Gasteiger partial charge on any atom is -0.355 e. The summed E-state index contributed by atoms with van der Waals surface area (Å²) in [5.74, 6) is 2.22. The van der Waals surface area contributed by atoms with Gasteiger partial charge in [0.1, 0.15) is 0 Å². The van der Waals surface area contributed by atoms with Gasteiger partial charge >= 0.3 is 0 Å². The van der Waals surface area contributed by atoms with Crippen molar-refractivity contribution in [2.24, 2.45) is 4.99 Å². The second kappa shape index (κ2) is 8.78. The first-order chi connectivity index (χ1) is 9.50. The molecule has 4 nitrogen and oxygen atoms in total. The Morgan fingerprint density at radius 3 is 2.65 bits per heavy atom. The molecule has 0 spiro atoms. The van der Waals surface area contributed by atoms with Crippen LogP contribution in [0.3, 0.4) is 0 Å². The average molecular weight is 301 g/mol. The van der Waals surface area contributed by atoms with Gasteiger partial charge in [-0.3, -0.25) is 9.89 Å². The summed E-state index contributed by atoms with van der Waals surface area (Å²) in [6, 6.07) is 0.602. The molecule has 1 unspecified atom stereocenters. The molecule has 0 amide bonds. The summed E-state index contributed by atoms with van der Waals surface area (Å²) in [5.41, 5.74) is 0. The van der Waals surface area contributed by atoms with Crippen molar-refractivity contribution in [1.29, 1.82) is 0 Å². The molecule has 1 fully saturated rings. The lowest BCUT2D eigenvalue weighted by molar-refractivity contribution is 0.237. The highest BCUT2D eigenvalue weighted by Crippen LogP contribution is 2.36. The molecule has 0 bridgehead atoms. The molecule has 20 heavy (non-hydrogen) atoms. The first kappa shape index (κ1) is 17.6. The summed E-state index contributed by atoms with van der Waals surface area (Å²) < 4.78 is 0.380. The highest BCUT2D eigenvalue weighted by molar-refractivity contribution is 8.00. The van der Waals surface area contributed by atoms with E-state index in [1.807, 2.05) is 7.05 Å². The fourth-order valence-corrected chi connectivity index (χ4v) is 3.81. The lowest BCUT2D eigenvalue weighted by Gasteiger charge is -2.26. The van der Waals surface area contributed by atoms with Gasteiger partial charge in [-0.05, 0) is 45.9 Å². The Morgan fingerprint density at radius 2 is 2.15 bits per heavy atom. The summed E-state index contributed by atoms with van der Waals surface area (Å²) in [4.78, 5) is 6.77. The van der Waals surface area contributed by atoms with Crippen LogP contribution in [0, 0.1) is 0 Å². The molecule has 1 aliphatic heterocycles. The van der Waals surface area contributed by atoms with E-state index in [0.717, 1.165) is 32.1 Å². The lowest BCUT2D eigenvalue weighted by Crippen LogP contribution is -2.46. The Morgan fingerprint density at radius 1 is 1.40 bits per heavy atom. The highest BCUT2D eigenvalue weighted by Gasteiger charge is 2.29. The van der Waals surface area contributed by atoms with Crippen molar-refractivity contribution in [2.45, 2.75) is 51.3 Å². The number of aliphatic imine (C=N–C) groups is 1. The van der Waals surface area contributed by atoms with Crippen molar-refractivity contribution < 1.29 is 0 Å². The van der Waals surface area contributed by atoms with Crippen LogP contribution in [-0.2, 0) is 0 Å². The Kier molecular flexibility index (Phi) is 7.74. The third kappa shape index (κ3) is 5.92. The molecule has 1 heterocycles. The number of likely N-dealkylation sites (N-methyl/N-ethyl adjacent to an activating group) is 1. The van der Waals surface area contributed by atoms with Gasteiger partial charge in [0, 0.05) is 37.5 Å². The standard InChI is InChI=1S/C15H32N4S/c1-6-19(13(2)3)10-9-17-14(16-5)18-12-15(4)8-7-11-20-15/h13H,6-12H2,1-5H3,(H2,16,17,18). The number of guanidine groups is 1. The van der Waals surface area contributed by atoms with Gasteiger partial charge in [-0.15, -0.1) is 0 Å². The van der Waals surface area contributed by atoms with Gasteiger partial charge < -0.3 is 10.6 Å². The molecule has 0 aromatic carbocycles. The summed E-state index contributed by atoms with van der Waals surface area (Å²) in [6.45, 7) is 13.1. The van der Waals surface area contributed by atoms with Crippen molar-refractivity contribution >= 4 is 17.7 Å². The molecule has 0 aliphatic carbocycles. The van der Waals surface area contributed by atoms with Crippen molar-refractivity contribution in [3.63, 3.8) is 0 Å². The van der Waals surface area contributed by atoms with E-state index in [1.165, 1.54) is 18.6 Å². The van der Waals surface area contributed by atoms with Crippen LogP contribution in [0.2, 0.25) is 0 Å². The summed E-state index contributed by atoms with van der Waals surface area (Å²) >= 11 is 2.08. The van der Waals surface area contributed by atoms with E-state index in [0.29, 0.717) is 10.8 Å². The fraction of sp³-hybridized carbons (Fsp3) is 0.933. The summed E-state index contributed by atoms with van der Waals surface area (Å²) in [6.07, 6.45) is 2.65. The second-order valence-electron chi connectivity index (χ2n) is 5.98. The Bertz CT molecular complexity index is 298. The third-order valence-electron chi connectivity index (χ3n) is 3.98. The molecule has 5 heteroatoms. The van der Waals surface area contributed by atoms with E-state index in [9.17, 15) is 0 Å². The molecule has 2 N–H and O–H groups in total. The van der Waals surface area contributed by atoms with Gasteiger partial charge in [-0.2, -0.15) is 11.8 Å². The van der Waals surface area contributed by atoms with Crippen LogP contribution in [0.4, 0.5) is 0 Å². The normalized spacial score (nSPS) is 23.6. The van der Waals surface area contributed by atoms with Crippen LogP contribution in [0.15, 0.2) is 4.99 Å². The van der Waals surface area contributed by atoms with E-state index in [-0.39, 0.29) is 0 Å². The molecule has 1 saturated heterocycles. The van der Waals surface area contributed by atoms with Crippen LogP contribution >= 0.6 is 11.8 Å². The first-order valence-electron chi connectivity index (χ1n) is 7.83. The molecular weight excluding hydrogens is 268 g/mol. The smallest absolute Gasteiger partial charge is 0.191 e. The van der Waals surface area contributed by atoms with Crippen LogP contribution in [0.25, 0.3) is 0 Å². The van der Waals surface area contributed by atoms with Crippen molar-refractivity contribution in [2.75, 3.05) is 39.0 Å². The Hall–Kier alpha value is -0.420. The molecule has 118 valence electrons. The van der Waals surface area contributed by atoms with Crippen molar-refractivity contribution in [3.8, 4) is 0 Å². The van der Waals surface area contributed by atoms with Crippen molar-refractivity contribution in [3.05, 3.63) is 0 Å². The number of rotatable bonds is 7. The van der Waals surface area contributed by atoms with E-state index in [1.54, 1.807) is 0 Å². The zero-order chi connectivity index (χ0) is 15.0. The van der Waals surface area contributed by atoms with E-state index in [4.69, 9.17) is 0 Å². The predicted octanol–water partition coefficient (Wildman–Crippen LogP) is 2.17. The molecule has 0 aromatic heterocycles. The van der Waals surface area contributed by atoms with Crippen LogP contribution in [0.5, 0.6) is 0 Å². The van der Waals surface area contributed by atoms with Gasteiger partial charge in [0.05, 0.1) is 0 Å². The highest BCUT2D eigenvalue weighted by atomic mass is 32.2. The lowest BCUT2D eigenvalue weighted by atomic mass is 10.1. The SMILES string of the molecule is CCN(CCNC(=NC)NCC1(C)CCCS1)C(C)C. The third-order valence-corrected chi connectivity index (χ3v) is 5.52. The monoisotopic (exact) mass is 300 g/mol. The number of hydrogen-bond donors (Lipinski definition) is 2. The largest absolute Gasteiger partial charge is 0.355 e. The quantitative estimate of drug-likeness (QED) is 0.558. The minimum absolute atomic E-state index is 0.380. The fourth-order valence-electron chi connectivity index (χ4n) is 2.57. The van der Waals surface area contributed by atoms with Gasteiger partial charge in [0.15, 0.2) is 5.96 Å². The molecule has 0 aromatic rings. The van der Waals surface area contributed by atoms with Crippen LogP contribution in [0.1, 0.15) is 40.5 Å². The zero-order valence-electron chi connectivity index (χ0n) is 13.8. The van der Waals surface area contributed by atoms with E-state index >= 15 is 0 Å².